The molecule has 4 nitrogen and oxygen atoms in total. The van der Waals surface area contributed by atoms with Gasteiger partial charge < -0.3 is 9.52 Å². The number of rotatable bonds is 2. The van der Waals surface area contributed by atoms with Crippen LogP contribution in [0.1, 0.15) is 60.2 Å². The molecule has 1 saturated carbocycles. The van der Waals surface area contributed by atoms with Gasteiger partial charge in [-0.05, 0) is 12.8 Å². The lowest BCUT2D eigenvalue weighted by molar-refractivity contribution is -0.141. The van der Waals surface area contributed by atoms with Crippen molar-refractivity contribution in [1.29, 1.82) is 0 Å². The number of halogens is 3. The second-order valence-electron chi connectivity index (χ2n) is 4.37. The molecule has 0 bridgehead atoms. The molecule has 0 atom stereocenters. The molecule has 0 aromatic carbocycles. The molecule has 0 aliphatic heterocycles. The zero-order chi connectivity index (χ0) is 13.3. The minimum absolute atomic E-state index is 0.0978. The fraction of sp³-hybridized carbons (Fsp3) is 0.636. The molecule has 0 amide bonds. The lowest BCUT2D eigenvalue weighted by Crippen LogP contribution is -2.12. The predicted molar refractivity (Wildman–Crippen MR) is 54.3 cm³/mol. The van der Waals surface area contributed by atoms with E-state index in [4.69, 9.17) is 9.52 Å². The summed E-state index contributed by atoms with van der Waals surface area (Å²) in [5.74, 6) is -3.15. The van der Waals surface area contributed by atoms with Crippen LogP contribution in [0, 0.1) is 0 Å². The first-order chi connectivity index (χ1) is 8.39. The second kappa shape index (κ2) is 4.62. The van der Waals surface area contributed by atoms with Crippen LogP contribution in [0.25, 0.3) is 0 Å². The summed E-state index contributed by atoms with van der Waals surface area (Å²) >= 11 is 0. The summed E-state index contributed by atoms with van der Waals surface area (Å²) in [4.78, 5) is 14.1. The zero-order valence-electron chi connectivity index (χ0n) is 9.46. The van der Waals surface area contributed by atoms with Gasteiger partial charge in [0.1, 0.15) is 0 Å². The second-order valence-corrected chi connectivity index (χ2v) is 4.37. The maximum Gasteiger partial charge on any atom is 0.437 e. The molecule has 0 saturated heterocycles. The van der Waals surface area contributed by atoms with E-state index in [1.165, 1.54) is 0 Å². The molecule has 0 radical (unpaired) electrons. The van der Waals surface area contributed by atoms with Gasteiger partial charge in [0, 0.05) is 5.92 Å². The fourth-order valence-corrected chi connectivity index (χ4v) is 2.20. The Labute approximate surface area is 101 Å². The van der Waals surface area contributed by atoms with Gasteiger partial charge in [0.2, 0.25) is 5.76 Å². The molecular formula is C11H12F3NO3. The number of carboxylic acid groups (broad SMARTS) is 1. The van der Waals surface area contributed by atoms with E-state index in [1.54, 1.807) is 0 Å². The highest BCUT2D eigenvalue weighted by Crippen LogP contribution is 2.37. The van der Waals surface area contributed by atoms with Crippen molar-refractivity contribution in [3.8, 4) is 0 Å². The number of aromatic nitrogens is 1. The van der Waals surface area contributed by atoms with E-state index < -0.39 is 23.6 Å². The summed E-state index contributed by atoms with van der Waals surface area (Å²) in [6.07, 6.45) is -0.583. The highest BCUT2D eigenvalue weighted by Gasteiger charge is 2.42. The molecule has 2 rings (SSSR count). The third-order valence-corrected chi connectivity index (χ3v) is 3.06. The molecule has 18 heavy (non-hydrogen) atoms. The SMILES string of the molecule is O=C(O)c1oc(C2CCCCC2)nc1C(F)(F)F. The van der Waals surface area contributed by atoms with Gasteiger partial charge in [0.25, 0.3) is 0 Å². The summed E-state index contributed by atoms with van der Waals surface area (Å²) < 4.78 is 42.6. The van der Waals surface area contributed by atoms with Gasteiger partial charge >= 0.3 is 12.1 Å². The first-order valence-electron chi connectivity index (χ1n) is 5.71. The Balaban J connectivity index is 2.35. The maximum absolute atomic E-state index is 12.6. The topological polar surface area (TPSA) is 63.3 Å². The van der Waals surface area contributed by atoms with Crippen LogP contribution in [-0.2, 0) is 6.18 Å². The van der Waals surface area contributed by atoms with Crippen LogP contribution in [0.5, 0.6) is 0 Å². The van der Waals surface area contributed by atoms with Crippen molar-refractivity contribution >= 4 is 5.97 Å². The third kappa shape index (κ3) is 2.49. The molecule has 1 aliphatic carbocycles. The van der Waals surface area contributed by atoms with E-state index >= 15 is 0 Å². The number of aromatic carboxylic acids is 1. The van der Waals surface area contributed by atoms with E-state index in [-0.39, 0.29) is 11.8 Å². The van der Waals surface area contributed by atoms with Crippen LogP contribution < -0.4 is 0 Å². The summed E-state index contributed by atoms with van der Waals surface area (Å²) in [5.41, 5.74) is -1.43. The van der Waals surface area contributed by atoms with Crippen molar-refractivity contribution in [2.75, 3.05) is 0 Å². The van der Waals surface area contributed by atoms with Crippen LogP contribution >= 0.6 is 0 Å². The van der Waals surface area contributed by atoms with Crippen molar-refractivity contribution in [1.82, 2.24) is 4.98 Å². The van der Waals surface area contributed by atoms with E-state index in [9.17, 15) is 18.0 Å². The molecule has 1 aromatic rings. The van der Waals surface area contributed by atoms with Gasteiger partial charge in [-0.1, -0.05) is 19.3 Å². The van der Waals surface area contributed by atoms with E-state index in [0.717, 1.165) is 19.3 Å². The molecule has 0 unspecified atom stereocenters. The van der Waals surface area contributed by atoms with E-state index in [2.05, 4.69) is 4.98 Å². The van der Waals surface area contributed by atoms with Gasteiger partial charge in [-0.25, -0.2) is 9.78 Å². The number of oxazole rings is 1. The average molecular weight is 263 g/mol. The van der Waals surface area contributed by atoms with Crippen molar-refractivity contribution in [3.05, 3.63) is 17.3 Å². The number of carboxylic acids is 1. The van der Waals surface area contributed by atoms with Gasteiger partial charge in [-0.2, -0.15) is 13.2 Å². The minimum atomic E-state index is -4.80. The quantitative estimate of drug-likeness (QED) is 0.887. The Kier molecular flexibility index (Phi) is 3.32. The number of carbonyl (C=O) groups is 1. The van der Waals surface area contributed by atoms with Crippen molar-refractivity contribution in [2.24, 2.45) is 0 Å². The standard InChI is InChI=1S/C11H12F3NO3/c12-11(13,14)8-7(10(16)17)18-9(15-8)6-4-2-1-3-5-6/h6H,1-5H2,(H,16,17). The van der Waals surface area contributed by atoms with E-state index in [1.807, 2.05) is 0 Å². The molecule has 7 heteroatoms. The molecular weight excluding hydrogens is 251 g/mol. The minimum Gasteiger partial charge on any atom is -0.475 e. The summed E-state index contributed by atoms with van der Waals surface area (Å²) in [7, 11) is 0. The number of hydrogen-bond donors (Lipinski definition) is 1. The lowest BCUT2D eigenvalue weighted by Gasteiger charge is -2.17. The Morgan fingerprint density at radius 1 is 1.28 bits per heavy atom. The Morgan fingerprint density at radius 2 is 1.89 bits per heavy atom. The van der Waals surface area contributed by atoms with Crippen molar-refractivity contribution in [3.63, 3.8) is 0 Å². The molecule has 1 N–H and O–H groups in total. The maximum atomic E-state index is 12.6. The predicted octanol–water partition coefficient (Wildman–Crippen LogP) is 3.44. The largest absolute Gasteiger partial charge is 0.475 e. The Morgan fingerprint density at radius 3 is 2.33 bits per heavy atom. The van der Waals surface area contributed by atoms with Crippen LogP contribution in [0.15, 0.2) is 4.42 Å². The zero-order valence-corrected chi connectivity index (χ0v) is 9.46. The normalized spacial score (nSPS) is 17.9. The Bertz CT molecular complexity index is 447. The van der Waals surface area contributed by atoms with Gasteiger partial charge in [0.15, 0.2) is 11.6 Å². The van der Waals surface area contributed by atoms with E-state index in [0.29, 0.717) is 12.8 Å². The first kappa shape index (κ1) is 12.9. The molecule has 1 fully saturated rings. The monoisotopic (exact) mass is 263 g/mol. The third-order valence-electron chi connectivity index (χ3n) is 3.06. The van der Waals surface area contributed by atoms with Crippen molar-refractivity contribution < 1.29 is 27.5 Å². The highest BCUT2D eigenvalue weighted by molar-refractivity contribution is 5.85. The molecule has 100 valence electrons. The highest BCUT2D eigenvalue weighted by atomic mass is 19.4. The lowest BCUT2D eigenvalue weighted by atomic mass is 9.89. The average Bonchev–Trinajstić information content (AvgIpc) is 2.74. The fourth-order valence-electron chi connectivity index (χ4n) is 2.20. The van der Waals surface area contributed by atoms with Gasteiger partial charge in [-0.3, -0.25) is 0 Å². The van der Waals surface area contributed by atoms with Crippen LogP contribution in [0.3, 0.4) is 0 Å². The van der Waals surface area contributed by atoms with Crippen LogP contribution in [-0.4, -0.2) is 16.1 Å². The summed E-state index contributed by atoms with van der Waals surface area (Å²) in [6.45, 7) is 0. The smallest absolute Gasteiger partial charge is 0.437 e. The van der Waals surface area contributed by atoms with Gasteiger partial charge in [-0.15, -0.1) is 0 Å². The molecule has 0 spiro atoms. The molecule has 1 heterocycles. The van der Waals surface area contributed by atoms with Crippen molar-refractivity contribution in [2.45, 2.75) is 44.2 Å². The molecule has 1 aliphatic rings. The summed E-state index contributed by atoms with van der Waals surface area (Å²) in [5, 5.41) is 8.71. The van der Waals surface area contributed by atoms with Gasteiger partial charge in [0.05, 0.1) is 0 Å². The Hall–Kier alpha value is -1.53. The first-order valence-corrected chi connectivity index (χ1v) is 5.71. The number of hydrogen-bond acceptors (Lipinski definition) is 3. The molecule has 1 aromatic heterocycles. The van der Waals surface area contributed by atoms with Crippen LogP contribution in [0.2, 0.25) is 0 Å². The number of alkyl halides is 3. The summed E-state index contributed by atoms with van der Waals surface area (Å²) in [6, 6.07) is 0. The van der Waals surface area contributed by atoms with Crippen LogP contribution in [0.4, 0.5) is 13.2 Å². The number of nitrogens with zero attached hydrogens (tertiary/aromatic N) is 1.